The Morgan fingerprint density at radius 3 is 2.47 bits per heavy atom. The van der Waals surface area contributed by atoms with Gasteiger partial charge in [0.2, 0.25) is 0 Å². The van der Waals surface area contributed by atoms with Crippen LogP contribution < -0.4 is 14.4 Å². The summed E-state index contributed by atoms with van der Waals surface area (Å²) in [7, 11) is 0. The summed E-state index contributed by atoms with van der Waals surface area (Å²) in [6, 6.07) is 23.4. The Bertz CT molecular complexity index is 1170. The van der Waals surface area contributed by atoms with Gasteiger partial charge in [-0.3, -0.25) is 9.69 Å². The van der Waals surface area contributed by atoms with E-state index in [0.29, 0.717) is 33.9 Å². The number of amides is 1. The largest absolute Gasteiger partial charge is 0.490 e. The van der Waals surface area contributed by atoms with E-state index in [1.54, 1.807) is 4.90 Å². The third kappa shape index (κ3) is 4.87. The number of para-hydroxylation sites is 1. The lowest BCUT2D eigenvalue weighted by atomic mass is 10.1. The van der Waals surface area contributed by atoms with E-state index >= 15 is 0 Å². The topological polar surface area (TPSA) is 38.8 Å². The van der Waals surface area contributed by atoms with Gasteiger partial charge in [0.15, 0.2) is 15.8 Å². The molecule has 3 aromatic carbocycles. The third-order valence-electron chi connectivity index (χ3n) is 4.95. The highest BCUT2D eigenvalue weighted by Crippen LogP contribution is 2.38. The molecule has 0 aromatic heterocycles. The van der Waals surface area contributed by atoms with Gasteiger partial charge in [0.05, 0.1) is 17.2 Å². The van der Waals surface area contributed by atoms with Crippen molar-refractivity contribution in [3.63, 3.8) is 0 Å². The first-order chi connectivity index (χ1) is 15.6. The van der Waals surface area contributed by atoms with Crippen LogP contribution in [0.5, 0.6) is 11.5 Å². The molecule has 4 nitrogen and oxygen atoms in total. The predicted molar refractivity (Wildman–Crippen MR) is 135 cm³/mol. The number of rotatable bonds is 7. The summed E-state index contributed by atoms with van der Waals surface area (Å²) in [5, 5.41) is 0. The molecule has 1 aliphatic heterocycles. The van der Waals surface area contributed by atoms with Crippen molar-refractivity contribution >= 4 is 46.0 Å². The lowest BCUT2D eigenvalue weighted by Gasteiger charge is -2.16. The van der Waals surface area contributed by atoms with Gasteiger partial charge in [-0.15, -0.1) is 0 Å². The molecule has 0 saturated carbocycles. The predicted octanol–water partition coefficient (Wildman–Crippen LogP) is 6.38. The van der Waals surface area contributed by atoms with Crippen molar-refractivity contribution in [3.8, 4) is 11.5 Å². The smallest absolute Gasteiger partial charge is 0.270 e. The molecule has 1 amide bonds. The Morgan fingerprint density at radius 1 is 0.969 bits per heavy atom. The van der Waals surface area contributed by atoms with Crippen molar-refractivity contribution in [2.24, 2.45) is 0 Å². The highest BCUT2D eigenvalue weighted by molar-refractivity contribution is 8.27. The molecular formula is C26H23NO3S2. The minimum atomic E-state index is -0.114. The number of thiocarbonyl (C=S) groups is 1. The molecule has 1 aliphatic rings. The van der Waals surface area contributed by atoms with Crippen LogP contribution in [-0.2, 0) is 11.4 Å². The van der Waals surface area contributed by atoms with E-state index < -0.39 is 0 Å². The Morgan fingerprint density at radius 2 is 1.72 bits per heavy atom. The summed E-state index contributed by atoms with van der Waals surface area (Å²) in [5.41, 5.74) is 3.76. The van der Waals surface area contributed by atoms with Gasteiger partial charge in [-0.05, 0) is 54.8 Å². The summed E-state index contributed by atoms with van der Waals surface area (Å²) in [5.74, 6) is 1.20. The second-order valence-corrected chi connectivity index (χ2v) is 8.89. The Kier molecular flexibility index (Phi) is 6.93. The molecule has 6 heteroatoms. The molecule has 3 aromatic rings. The van der Waals surface area contributed by atoms with Crippen molar-refractivity contribution in [2.45, 2.75) is 20.5 Å². The average molecular weight is 462 g/mol. The fourth-order valence-corrected chi connectivity index (χ4v) is 4.66. The van der Waals surface area contributed by atoms with Crippen LogP contribution >= 0.6 is 24.0 Å². The monoisotopic (exact) mass is 461 g/mol. The maximum absolute atomic E-state index is 13.1. The second-order valence-electron chi connectivity index (χ2n) is 7.22. The van der Waals surface area contributed by atoms with Crippen LogP contribution in [-0.4, -0.2) is 16.8 Å². The van der Waals surface area contributed by atoms with E-state index in [-0.39, 0.29) is 5.91 Å². The first-order valence-electron chi connectivity index (χ1n) is 10.3. The van der Waals surface area contributed by atoms with Crippen LogP contribution in [0.1, 0.15) is 23.6 Å². The van der Waals surface area contributed by atoms with E-state index in [1.165, 1.54) is 11.8 Å². The molecule has 1 fully saturated rings. The maximum atomic E-state index is 13.1. The zero-order valence-electron chi connectivity index (χ0n) is 17.9. The molecule has 0 spiro atoms. The van der Waals surface area contributed by atoms with Gasteiger partial charge in [0.25, 0.3) is 5.91 Å². The van der Waals surface area contributed by atoms with Crippen LogP contribution in [0.25, 0.3) is 6.08 Å². The molecule has 0 radical (unpaired) electrons. The Labute approximate surface area is 197 Å². The summed E-state index contributed by atoms with van der Waals surface area (Å²) in [6.07, 6.45) is 1.85. The van der Waals surface area contributed by atoms with Gasteiger partial charge in [-0.1, -0.05) is 78.6 Å². The van der Waals surface area contributed by atoms with Gasteiger partial charge >= 0.3 is 0 Å². The maximum Gasteiger partial charge on any atom is 0.270 e. The molecule has 0 atom stereocenters. The second kappa shape index (κ2) is 10.0. The lowest BCUT2D eigenvalue weighted by Crippen LogP contribution is -2.28. The number of thioether (sulfide) groups is 1. The minimum Gasteiger partial charge on any atom is -0.490 e. The van der Waals surface area contributed by atoms with E-state index in [2.05, 4.69) is 0 Å². The lowest BCUT2D eigenvalue weighted by molar-refractivity contribution is -0.113. The standard InChI is InChI=1S/C26H23NO3S2/c1-3-29-23-15-20(13-14-22(23)30-17-19-10-5-4-6-11-19)16-24-25(28)27(26(31)32-24)21-12-8-7-9-18(21)2/h4-16H,3,17H2,1-2H3/b24-16+. The molecule has 4 rings (SSSR count). The molecule has 0 bridgehead atoms. The average Bonchev–Trinajstić information content (AvgIpc) is 3.07. The highest BCUT2D eigenvalue weighted by Gasteiger charge is 2.34. The molecular weight excluding hydrogens is 438 g/mol. The summed E-state index contributed by atoms with van der Waals surface area (Å²) >= 11 is 6.81. The van der Waals surface area contributed by atoms with E-state index in [0.717, 1.165) is 22.4 Å². The minimum absolute atomic E-state index is 0.114. The summed E-state index contributed by atoms with van der Waals surface area (Å²) in [6.45, 7) is 4.87. The van der Waals surface area contributed by atoms with Gasteiger partial charge in [0.1, 0.15) is 6.61 Å². The van der Waals surface area contributed by atoms with Gasteiger partial charge in [-0.25, -0.2) is 0 Å². The number of benzene rings is 3. The number of ether oxygens (including phenoxy) is 2. The zero-order valence-corrected chi connectivity index (χ0v) is 19.5. The third-order valence-corrected chi connectivity index (χ3v) is 6.25. The zero-order chi connectivity index (χ0) is 22.5. The normalized spacial score (nSPS) is 14.8. The molecule has 0 N–H and O–H groups in total. The molecule has 1 saturated heterocycles. The van der Waals surface area contributed by atoms with Crippen molar-refractivity contribution in [1.29, 1.82) is 0 Å². The summed E-state index contributed by atoms with van der Waals surface area (Å²) < 4.78 is 12.3. The Balaban J connectivity index is 1.57. The van der Waals surface area contributed by atoms with E-state index in [9.17, 15) is 4.79 Å². The van der Waals surface area contributed by atoms with Crippen LogP contribution in [0.3, 0.4) is 0 Å². The van der Waals surface area contributed by atoms with Crippen LogP contribution in [0.2, 0.25) is 0 Å². The fraction of sp³-hybridized carbons (Fsp3) is 0.154. The van der Waals surface area contributed by atoms with E-state index in [4.69, 9.17) is 21.7 Å². The first-order valence-corrected chi connectivity index (χ1v) is 11.6. The molecule has 32 heavy (non-hydrogen) atoms. The number of anilines is 1. The summed E-state index contributed by atoms with van der Waals surface area (Å²) in [4.78, 5) is 15.3. The SMILES string of the molecule is CCOc1cc(/C=C2/SC(=S)N(c3ccccc3C)C2=O)ccc1OCc1ccccc1. The number of hydrogen-bond acceptors (Lipinski definition) is 5. The van der Waals surface area contributed by atoms with Gasteiger partial charge in [0, 0.05) is 0 Å². The number of aryl methyl sites for hydroxylation is 1. The quantitative estimate of drug-likeness (QED) is 0.302. The number of nitrogens with zero attached hydrogens (tertiary/aromatic N) is 1. The molecule has 1 heterocycles. The molecule has 0 unspecified atom stereocenters. The van der Waals surface area contributed by atoms with E-state index in [1.807, 2.05) is 92.7 Å². The number of carbonyl (C=O) groups is 1. The highest BCUT2D eigenvalue weighted by atomic mass is 32.2. The number of carbonyl (C=O) groups excluding carboxylic acids is 1. The van der Waals surface area contributed by atoms with Crippen molar-refractivity contribution in [2.75, 3.05) is 11.5 Å². The van der Waals surface area contributed by atoms with Gasteiger partial charge in [-0.2, -0.15) is 0 Å². The van der Waals surface area contributed by atoms with Gasteiger partial charge < -0.3 is 9.47 Å². The molecule has 0 aliphatic carbocycles. The Hall–Kier alpha value is -3.09. The van der Waals surface area contributed by atoms with Crippen molar-refractivity contribution in [3.05, 3.63) is 94.4 Å². The fourth-order valence-electron chi connectivity index (χ4n) is 3.38. The van der Waals surface area contributed by atoms with Crippen LogP contribution in [0, 0.1) is 6.92 Å². The number of hydrogen-bond donors (Lipinski definition) is 0. The molecule has 162 valence electrons. The van der Waals surface area contributed by atoms with Crippen molar-refractivity contribution < 1.29 is 14.3 Å². The van der Waals surface area contributed by atoms with Crippen LogP contribution in [0.15, 0.2) is 77.7 Å². The van der Waals surface area contributed by atoms with Crippen LogP contribution in [0.4, 0.5) is 5.69 Å². The first kappa shape index (κ1) is 22.1. The van der Waals surface area contributed by atoms with Crippen molar-refractivity contribution in [1.82, 2.24) is 0 Å².